The van der Waals surface area contributed by atoms with Gasteiger partial charge in [0.2, 0.25) is 5.91 Å². The lowest BCUT2D eigenvalue weighted by Crippen LogP contribution is -2.41. The Morgan fingerprint density at radius 3 is 2.55 bits per heavy atom. The van der Waals surface area contributed by atoms with Crippen molar-refractivity contribution in [1.82, 2.24) is 5.32 Å². The zero-order chi connectivity index (χ0) is 16.7. The third-order valence-electron chi connectivity index (χ3n) is 3.43. The van der Waals surface area contributed by atoms with Crippen LogP contribution in [0.4, 0.5) is 4.39 Å². The molecular weight excluding hydrogens is 285 g/mol. The lowest BCUT2D eigenvalue weighted by atomic mass is 10.0. The Morgan fingerprint density at radius 1 is 1.32 bits per heavy atom. The molecule has 1 aromatic carbocycles. The summed E-state index contributed by atoms with van der Waals surface area (Å²) in [6.45, 7) is 5.53. The summed E-state index contributed by atoms with van der Waals surface area (Å²) in [7, 11) is 0. The quantitative estimate of drug-likeness (QED) is 0.775. The fourth-order valence-corrected chi connectivity index (χ4v) is 2.27. The smallest absolute Gasteiger partial charge is 0.326 e. The Kier molecular flexibility index (Phi) is 7.02. The van der Waals surface area contributed by atoms with Gasteiger partial charge in [-0.15, -0.1) is 0 Å². The van der Waals surface area contributed by atoms with E-state index < -0.39 is 12.0 Å². The number of carboxylic acid groups (broad SMARTS) is 1. The molecule has 1 amide bonds. The van der Waals surface area contributed by atoms with Gasteiger partial charge in [0.05, 0.1) is 0 Å². The number of rotatable bonds is 8. The highest BCUT2D eigenvalue weighted by atomic mass is 19.1. The van der Waals surface area contributed by atoms with Gasteiger partial charge in [0, 0.05) is 6.42 Å². The standard InChI is InChI=1S/C17H24FNO3/c1-11(2)9-15(17(21)22)19-16(20)6-4-5-13-7-8-14(18)12(3)10-13/h7-8,10-11,15H,4-6,9H2,1-3H3,(H,19,20)(H,21,22). The number of carbonyl (C=O) groups excluding carboxylic acids is 1. The number of nitrogens with one attached hydrogen (secondary N) is 1. The Morgan fingerprint density at radius 2 is 2.00 bits per heavy atom. The van der Waals surface area contributed by atoms with Gasteiger partial charge in [0.1, 0.15) is 11.9 Å². The topological polar surface area (TPSA) is 66.4 Å². The predicted octanol–water partition coefficient (Wildman–Crippen LogP) is 3.07. The summed E-state index contributed by atoms with van der Waals surface area (Å²) in [5.41, 5.74) is 1.56. The fourth-order valence-electron chi connectivity index (χ4n) is 2.27. The minimum atomic E-state index is -1.00. The lowest BCUT2D eigenvalue weighted by molar-refractivity contribution is -0.142. The third-order valence-corrected chi connectivity index (χ3v) is 3.43. The predicted molar refractivity (Wildman–Crippen MR) is 83.1 cm³/mol. The van der Waals surface area contributed by atoms with Crippen LogP contribution in [-0.4, -0.2) is 23.0 Å². The van der Waals surface area contributed by atoms with Crippen LogP contribution < -0.4 is 5.32 Å². The van der Waals surface area contributed by atoms with Crippen LogP contribution in [0.5, 0.6) is 0 Å². The second-order valence-electron chi connectivity index (χ2n) is 6.02. The van der Waals surface area contributed by atoms with Gasteiger partial charge >= 0.3 is 5.97 Å². The molecule has 1 aromatic rings. The van der Waals surface area contributed by atoms with E-state index in [-0.39, 0.29) is 24.1 Å². The maximum absolute atomic E-state index is 13.2. The molecule has 1 unspecified atom stereocenters. The van der Waals surface area contributed by atoms with E-state index >= 15 is 0 Å². The molecule has 5 heteroatoms. The van der Waals surface area contributed by atoms with Crippen molar-refractivity contribution in [1.29, 1.82) is 0 Å². The van der Waals surface area contributed by atoms with Crippen molar-refractivity contribution in [3.63, 3.8) is 0 Å². The summed E-state index contributed by atoms with van der Waals surface area (Å²) >= 11 is 0. The molecule has 0 fully saturated rings. The SMILES string of the molecule is Cc1cc(CCCC(=O)NC(CC(C)C)C(=O)O)ccc1F. The summed E-state index contributed by atoms with van der Waals surface area (Å²) in [6, 6.07) is 4.07. The van der Waals surface area contributed by atoms with Gasteiger partial charge in [-0.05, 0) is 49.3 Å². The number of aryl methyl sites for hydroxylation is 2. The van der Waals surface area contributed by atoms with Gasteiger partial charge < -0.3 is 10.4 Å². The van der Waals surface area contributed by atoms with Gasteiger partial charge in [-0.2, -0.15) is 0 Å². The molecule has 0 aliphatic carbocycles. The van der Waals surface area contributed by atoms with Gasteiger partial charge in [0.15, 0.2) is 0 Å². The highest BCUT2D eigenvalue weighted by Crippen LogP contribution is 2.12. The van der Waals surface area contributed by atoms with Crippen molar-refractivity contribution in [2.75, 3.05) is 0 Å². The maximum atomic E-state index is 13.2. The van der Waals surface area contributed by atoms with E-state index in [9.17, 15) is 14.0 Å². The third kappa shape index (κ3) is 6.24. The zero-order valence-electron chi connectivity index (χ0n) is 13.4. The highest BCUT2D eigenvalue weighted by molar-refractivity contribution is 5.83. The molecule has 4 nitrogen and oxygen atoms in total. The molecule has 0 saturated heterocycles. The molecule has 0 aliphatic heterocycles. The Labute approximate surface area is 130 Å². The van der Waals surface area contributed by atoms with Crippen LogP contribution in [0.25, 0.3) is 0 Å². The summed E-state index contributed by atoms with van der Waals surface area (Å²) in [5.74, 6) is -1.30. The molecule has 0 saturated carbocycles. The van der Waals surface area contributed by atoms with Crippen LogP contribution in [0, 0.1) is 18.7 Å². The normalized spacial score (nSPS) is 12.2. The molecule has 1 rings (SSSR count). The minimum Gasteiger partial charge on any atom is -0.480 e. The number of halogens is 1. The highest BCUT2D eigenvalue weighted by Gasteiger charge is 2.20. The largest absolute Gasteiger partial charge is 0.480 e. The van der Waals surface area contributed by atoms with E-state index in [1.165, 1.54) is 6.07 Å². The van der Waals surface area contributed by atoms with Gasteiger partial charge in [-0.3, -0.25) is 4.79 Å². The van der Waals surface area contributed by atoms with E-state index in [0.29, 0.717) is 24.8 Å². The van der Waals surface area contributed by atoms with E-state index in [1.807, 2.05) is 13.8 Å². The minimum absolute atomic E-state index is 0.198. The molecule has 0 aromatic heterocycles. The van der Waals surface area contributed by atoms with Gasteiger partial charge in [0.25, 0.3) is 0 Å². The number of amides is 1. The van der Waals surface area contributed by atoms with Crippen LogP contribution in [0.3, 0.4) is 0 Å². The summed E-state index contributed by atoms with van der Waals surface area (Å²) in [5, 5.41) is 11.6. The Hall–Kier alpha value is -1.91. The van der Waals surface area contributed by atoms with Crippen molar-refractivity contribution < 1.29 is 19.1 Å². The van der Waals surface area contributed by atoms with Crippen molar-refractivity contribution in [2.24, 2.45) is 5.92 Å². The molecule has 0 heterocycles. The van der Waals surface area contributed by atoms with Crippen molar-refractivity contribution in [3.05, 3.63) is 35.1 Å². The number of hydrogen-bond acceptors (Lipinski definition) is 2. The van der Waals surface area contributed by atoms with Gasteiger partial charge in [-0.25, -0.2) is 9.18 Å². The molecular formula is C17H24FNO3. The molecule has 0 aliphatic rings. The summed E-state index contributed by atoms with van der Waals surface area (Å²) in [4.78, 5) is 22.9. The molecule has 0 bridgehead atoms. The second kappa shape index (κ2) is 8.51. The van der Waals surface area contributed by atoms with Crippen molar-refractivity contribution in [3.8, 4) is 0 Å². The van der Waals surface area contributed by atoms with E-state index in [2.05, 4.69) is 5.32 Å². The first-order valence-electron chi connectivity index (χ1n) is 7.56. The fraction of sp³-hybridized carbons (Fsp3) is 0.529. The van der Waals surface area contributed by atoms with Crippen LogP contribution in [0.1, 0.15) is 44.2 Å². The molecule has 0 spiro atoms. The van der Waals surface area contributed by atoms with Crippen LogP contribution in [0.15, 0.2) is 18.2 Å². The molecule has 122 valence electrons. The summed E-state index contributed by atoms with van der Waals surface area (Å²) < 4.78 is 13.2. The average Bonchev–Trinajstić information content (AvgIpc) is 2.41. The molecule has 22 heavy (non-hydrogen) atoms. The van der Waals surface area contributed by atoms with Crippen molar-refractivity contribution >= 4 is 11.9 Å². The van der Waals surface area contributed by atoms with E-state index in [4.69, 9.17) is 5.11 Å². The van der Waals surface area contributed by atoms with Crippen LogP contribution >= 0.6 is 0 Å². The van der Waals surface area contributed by atoms with Crippen LogP contribution in [0.2, 0.25) is 0 Å². The summed E-state index contributed by atoms with van der Waals surface area (Å²) in [6.07, 6.45) is 1.94. The Balaban J connectivity index is 2.41. The number of hydrogen-bond donors (Lipinski definition) is 2. The first-order chi connectivity index (χ1) is 10.3. The maximum Gasteiger partial charge on any atom is 0.326 e. The lowest BCUT2D eigenvalue weighted by Gasteiger charge is -2.16. The van der Waals surface area contributed by atoms with Crippen LogP contribution in [-0.2, 0) is 16.0 Å². The number of carbonyl (C=O) groups is 2. The second-order valence-corrected chi connectivity index (χ2v) is 6.02. The number of benzene rings is 1. The first kappa shape index (κ1) is 18.1. The first-order valence-corrected chi connectivity index (χ1v) is 7.56. The number of aliphatic carboxylic acids is 1. The van der Waals surface area contributed by atoms with Gasteiger partial charge in [-0.1, -0.05) is 26.0 Å². The average molecular weight is 309 g/mol. The van der Waals surface area contributed by atoms with E-state index in [1.54, 1.807) is 19.1 Å². The Bertz CT molecular complexity index is 529. The number of carboxylic acids is 1. The van der Waals surface area contributed by atoms with E-state index in [0.717, 1.165) is 5.56 Å². The zero-order valence-corrected chi connectivity index (χ0v) is 13.4. The molecule has 1 atom stereocenters. The molecule has 2 N–H and O–H groups in total. The monoisotopic (exact) mass is 309 g/mol. The molecule has 0 radical (unpaired) electrons. The van der Waals surface area contributed by atoms with Crippen molar-refractivity contribution in [2.45, 2.75) is 52.5 Å².